The minimum absolute atomic E-state index is 0. The van der Waals surface area contributed by atoms with Gasteiger partial charge in [-0.05, 0) is 57.1 Å². The molecule has 0 fully saturated rings. The zero-order chi connectivity index (χ0) is 33.8. The molecule has 7 aromatic rings. The standard InChI is InChI=1S/C26H20NS.C18H24NSi.Ir/c1-17(2)19-14-15-27-23(16-19)21-13-12-20(18-8-4-3-5-9-18)25-22-10-6-7-11-24(22)28-26(21)25;1-14(2)11-16-12-17(15-9-7-6-8-10-15)19-13-18(16)20(3,4)5;/h3-12,14-17H,1-2H3;6-9,12-14H,11H2,1-5H3;/q2*-1;. The number of thiophene rings is 1. The van der Waals surface area contributed by atoms with Crippen molar-refractivity contribution in [3.8, 4) is 33.6 Å². The first-order chi connectivity index (χ1) is 23.1. The summed E-state index contributed by atoms with van der Waals surface area (Å²) in [6, 6.07) is 42.9. The summed E-state index contributed by atoms with van der Waals surface area (Å²) in [5, 5.41) is 4.10. The van der Waals surface area contributed by atoms with Gasteiger partial charge >= 0.3 is 0 Å². The molecule has 2 nitrogen and oxygen atoms in total. The Morgan fingerprint density at radius 2 is 1.51 bits per heavy atom. The van der Waals surface area contributed by atoms with Gasteiger partial charge in [0.15, 0.2) is 0 Å². The van der Waals surface area contributed by atoms with E-state index in [0.717, 1.165) is 28.9 Å². The molecule has 49 heavy (non-hydrogen) atoms. The van der Waals surface area contributed by atoms with Gasteiger partial charge in [0.25, 0.3) is 0 Å². The first-order valence-electron chi connectivity index (χ1n) is 16.9. The van der Waals surface area contributed by atoms with Crippen LogP contribution in [-0.2, 0) is 26.5 Å². The van der Waals surface area contributed by atoms with Crippen molar-refractivity contribution < 1.29 is 20.1 Å². The average Bonchev–Trinajstić information content (AvgIpc) is 3.48. The third-order valence-electron chi connectivity index (χ3n) is 8.66. The number of nitrogens with zero attached hydrogens (tertiary/aromatic N) is 2. The molecule has 0 amide bonds. The van der Waals surface area contributed by atoms with Crippen LogP contribution in [0.2, 0.25) is 19.6 Å². The van der Waals surface area contributed by atoms with E-state index in [9.17, 15) is 0 Å². The molecule has 0 bridgehead atoms. The van der Waals surface area contributed by atoms with E-state index in [1.165, 1.54) is 47.6 Å². The predicted octanol–water partition coefficient (Wildman–Crippen LogP) is 12.0. The predicted molar refractivity (Wildman–Crippen MR) is 211 cm³/mol. The summed E-state index contributed by atoms with van der Waals surface area (Å²) in [5.41, 5.74) is 9.46. The zero-order valence-corrected chi connectivity index (χ0v) is 33.7. The van der Waals surface area contributed by atoms with Crippen molar-refractivity contribution in [1.82, 2.24) is 9.97 Å². The second kappa shape index (κ2) is 15.9. The van der Waals surface area contributed by atoms with Crippen molar-refractivity contribution >= 4 is 44.8 Å². The Labute approximate surface area is 311 Å². The van der Waals surface area contributed by atoms with Gasteiger partial charge in [0.05, 0.1) is 8.07 Å². The third-order valence-corrected chi connectivity index (χ3v) is 11.9. The quantitative estimate of drug-likeness (QED) is 0.118. The van der Waals surface area contributed by atoms with E-state index >= 15 is 0 Å². The van der Waals surface area contributed by atoms with Crippen LogP contribution in [0.4, 0.5) is 0 Å². The summed E-state index contributed by atoms with van der Waals surface area (Å²) in [6.07, 6.45) is 5.16. The van der Waals surface area contributed by atoms with Gasteiger partial charge in [0, 0.05) is 37.2 Å². The van der Waals surface area contributed by atoms with E-state index in [2.05, 4.69) is 156 Å². The Morgan fingerprint density at radius 3 is 2.20 bits per heavy atom. The van der Waals surface area contributed by atoms with Crippen LogP contribution in [0.1, 0.15) is 44.7 Å². The van der Waals surface area contributed by atoms with Crippen molar-refractivity contribution in [1.29, 1.82) is 0 Å². The molecular weight excluding hydrogens is 809 g/mol. The maximum Gasteiger partial charge on any atom is 0.0798 e. The Hall–Kier alpha value is -3.73. The van der Waals surface area contributed by atoms with Crippen LogP contribution in [0.25, 0.3) is 53.8 Å². The van der Waals surface area contributed by atoms with Crippen LogP contribution >= 0.6 is 11.3 Å². The first-order valence-corrected chi connectivity index (χ1v) is 21.3. The zero-order valence-electron chi connectivity index (χ0n) is 29.5. The van der Waals surface area contributed by atoms with Crippen LogP contribution in [0.5, 0.6) is 0 Å². The van der Waals surface area contributed by atoms with Crippen molar-refractivity contribution in [2.45, 2.75) is 59.7 Å². The molecule has 0 spiro atoms. The van der Waals surface area contributed by atoms with Gasteiger partial charge in [-0.2, -0.15) is 11.3 Å². The van der Waals surface area contributed by atoms with Crippen molar-refractivity contribution in [2.24, 2.45) is 5.92 Å². The van der Waals surface area contributed by atoms with Crippen LogP contribution in [0.3, 0.4) is 0 Å². The van der Waals surface area contributed by atoms with E-state index in [4.69, 9.17) is 4.98 Å². The number of aromatic nitrogens is 2. The molecule has 4 aromatic carbocycles. The molecule has 0 aliphatic heterocycles. The fourth-order valence-corrected chi connectivity index (χ4v) is 9.05. The number of hydrogen-bond acceptors (Lipinski definition) is 3. The molecule has 0 saturated heterocycles. The monoisotopic (exact) mass is 853 g/mol. The number of rotatable bonds is 7. The van der Waals surface area contributed by atoms with Gasteiger partial charge in [0.2, 0.25) is 0 Å². The van der Waals surface area contributed by atoms with Crippen LogP contribution < -0.4 is 5.19 Å². The number of fused-ring (bicyclic) bond motifs is 3. The summed E-state index contributed by atoms with van der Waals surface area (Å²) in [7, 11) is -1.34. The molecule has 0 aliphatic rings. The Kier molecular flexibility index (Phi) is 11.8. The summed E-state index contributed by atoms with van der Waals surface area (Å²) < 4.78 is 2.56. The molecule has 0 unspecified atom stereocenters. The second-order valence-electron chi connectivity index (χ2n) is 14.2. The Morgan fingerprint density at radius 1 is 0.776 bits per heavy atom. The van der Waals surface area contributed by atoms with Gasteiger partial charge in [-0.3, -0.25) is 0 Å². The van der Waals surface area contributed by atoms with Crippen LogP contribution in [-0.4, -0.2) is 18.0 Å². The largest absolute Gasteiger partial charge is 0.305 e. The fraction of sp³-hybridized carbons (Fsp3) is 0.227. The topological polar surface area (TPSA) is 25.8 Å². The molecular formula is C44H44IrN2SSi-2. The van der Waals surface area contributed by atoms with Crippen LogP contribution in [0, 0.1) is 18.1 Å². The number of hydrogen-bond donors (Lipinski definition) is 0. The molecule has 3 heterocycles. The van der Waals surface area contributed by atoms with E-state index in [1.54, 1.807) is 0 Å². The van der Waals surface area contributed by atoms with Gasteiger partial charge in [-0.1, -0.05) is 136 Å². The first kappa shape index (κ1) is 36.5. The van der Waals surface area contributed by atoms with Gasteiger partial charge in [-0.25, -0.2) is 0 Å². The average molecular weight is 853 g/mol. The van der Waals surface area contributed by atoms with E-state index in [1.807, 2.05) is 35.7 Å². The van der Waals surface area contributed by atoms with Gasteiger partial charge < -0.3 is 9.97 Å². The molecule has 0 aliphatic carbocycles. The molecule has 3 aromatic heterocycles. The maximum atomic E-state index is 4.69. The maximum absolute atomic E-state index is 4.69. The Balaban J connectivity index is 0.000000199. The summed E-state index contributed by atoms with van der Waals surface area (Å²) in [6.45, 7) is 16.2. The molecule has 0 N–H and O–H groups in total. The summed E-state index contributed by atoms with van der Waals surface area (Å²) in [4.78, 5) is 9.38. The fourth-order valence-electron chi connectivity index (χ4n) is 6.23. The minimum atomic E-state index is -1.34. The molecule has 0 saturated carbocycles. The molecule has 5 heteroatoms. The molecule has 1 radical (unpaired) electrons. The third kappa shape index (κ3) is 8.36. The number of benzene rings is 4. The van der Waals surface area contributed by atoms with E-state index < -0.39 is 8.07 Å². The van der Waals surface area contributed by atoms with Crippen molar-refractivity contribution in [3.63, 3.8) is 0 Å². The molecule has 7 rings (SSSR count). The van der Waals surface area contributed by atoms with Gasteiger partial charge in [-0.15, -0.1) is 53.6 Å². The summed E-state index contributed by atoms with van der Waals surface area (Å²) in [5.74, 6) is 1.14. The van der Waals surface area contributed by atoms with Gasteiger partial charge in [0.1, 0.15) is 0 Å². The van der Waals surface area contributed by atoms with Crippen LogP contribution in [0.15, 0.2) is 116 Å². The summed E-state index contributed by atoms with van der Waals surface area (Å²) >= 11 is 1.83. The second-order valence-corrected chi connectivity index (χ2v) is 20.3. The molecule has 251 valence electrons. The van der Waals surface area contributed by atoms with Crippen molar-refractivity contribution in [2.75, 3.05) is 0 Å². The normalized spacial score (nSPS) is 11.4. The minimum Gasteiger partial charge on any atom is -0.305 e. The SMILES string of the molecule is CC(C)Cc1cc(-c2[c-]cccc2)ncc1[Si](C)(C)C.CC(C)c1ccnc(-c2[c-]cc(-c3ccccc3)c3c2sc2ccccc23)c1.[Ir]. The van der Waals surface area contributed by atoms with Crippen molar-refractivity contribution in [3.05, 3.63) is 139 Å². The smallest absolute Gasteiger partial charge is 0.0798 e. The van der Waals surface area contributed by atoms with E-state index in [-0.39, 0.29) is 20.1 Å². The molecule has 0 atom stereocenters. The Bertz CT molecular complexity index is 2150. The van der Waals surface area contributed by atoms with E-state index in [0.29, 0.717) is 11.8 Å². The number of pyridine rings is 2.